The van der Waals surface area contributed by atoms with Gasteiger partial charge in [0.15, 0.2) is 6.29 Å². The van der Waals surface area contributed by atoms with Gasteiger partial charge in [0.2, 0.25) is 0 Å². The first-order chi connectivity index (χ1) is 7.11. The van der Waals surface area contributed by atoms with E-state index < -0.39 is 12.4 Å². The van der Waals surface area contributed by atoms with Crippen molar-refractivity contribution in [3.8, 4) is 0 Å². The molecule has 0 aromatic rings. The highest BCUT2D eigenvalue weighted by Gasteiger charge is 2.40. The molecule has 15 heavy (non-hydrogen) atoms. The van der Waals surface area contributed by atoms with E-state index in [-0.39, 0.29) is 12.0 Å². The van der Waals surface area contributed by atoms with Crippen LogP contribution in [0.25, 0.3) is 0 Å². The summed E-state index contributed by atoms with van der Waals surface area (Å²) in [5.74, 6) is 0.609. The van der Waals surface area contributed by atoms with Gasteiger partial charge in [0.05, 0.1) is 12.7 Å². The van der Waals surface area contributed by atoms with Crippen LogP contribution in [0.15, 0.2) is 0 Å². The Morgan fingerprint density at radius 3 is 2.53 bits per heavy atom. The standard InChI is InChI=1S/C11H21BrO3/c1-4-9-7(2)8(3)10(13)11(15-9)14-6-5-12/h7-11,13H,4-6H2,1-3H3/t7-,8-,9?,10?,11-/m0/s1. The van der Waals surface area contributed by atoms with Crippen LogP contribution >= 0.6 is 15.9 Å². The zero-order valence-electron chi connectivity index (χ0n) is 9.65. The second-order valence-corrected chi connectivity index (χ2v) is 5.01. The van der Waals surface area contributed by atoms with E-state index in [0.717, 1.165) is 11.8 Å². The van der Waals surface area contributed by atoms with Gasteiger partial charge in [-0.3, -0.25) is 0 Å². The molecule has 1 aliphatic heterocycles. The highest BCUT2D eigenvalue weighted by molar-refractivity contribution is 9.09. The molecule has 0 amide bonds. The lowest BCUT2D eigenvalue weighted by Crippen LogP contribution is -2.50. The summed E-state index contributed by atoms with van der Waals surface area (Å²) in [7, 11) is 0. The van der Waals surface area contributed by atoms with Crippen LogP contribution < -0.4 is 0 Å². The monoisotopic (exact) mass is 280 g/mol. The Bertz CT molecular complexity index is 187. The van der Waals surface area contributed by atoms with E-state index in [1.54, 1.807) is 0 Å². The fourth-order valence-corrected chi connectivity index (χ4v) is 2.23. The summed E-state index contributed by atoms with van der Waals surface area (Å²) in [6.07, 6.45) is 0.191. The van der Waals surface area contributed by atoms with Crippen molar-refractivity contribution in [1.29, 1.82) is 0 Å². The van der Waals surface area contributed by atoms with Crippen LogP contribution in [0.1, 0.15) is 27.2 Å². The van der Waals surface area contributed by atoms with E-state index in [9.17, 15) is 5.11 Å². The molecule has 0 aromatic carbocycles. The van der Waals surface area contributed by atoms with Crippen molar-refractivity contribution in [3.63, 3.8) is 0 Å². The normalized spacial score (nSPS) is 41.8. The molecule has 0 radical (unpaired) electrons. The van der Waals surface area contributed by atoms with Crippen LogP contribution in [0, 0.1) is 11.8 Å². The molecule has 0 aliphatic carbocycles. The van der Waals surface area contributed by atoms with Gasteiger partial charge in [-0.1, -0.05) is 36.7 Å². The van der Waals surface area contributed by atoms with Gasteiger partial charge in [-0.2, -0.15) is 0 Å². The maximum Gasteiger partial charge on any atom is 0.184 e. The molecule has 1 fully saturated rings. The third-order valence-corrected chi connectivity index (χ3v) is 3.63. The molecule has 4 heteroatoms. The van der Waals surface area contributed by atoms with Crippen LogP contribution in [0.2, 0.25) is 0 Å². The van der Waals surface area contributed by atoms with Crippen molar-refractivity contribution >= 4 is 15.9 Å². The molecule has 0 spiro atoms. The minimum absolute atomic E-state index is 0.198. The van der Waals surface area contributed by atoms with Gasteiger partial charge in [0.25, 0.3) is 0 Å². The summed E-state index contributed by atoms with van der Waals surface area (Å²) < 4.78 is 11.2. The zero-order valence-corrected chi connectivity index (χ0v) is 11.2. The summed E-state index contributed by atoms with van der Waals surface area (Å²) >= 11 is 3.29. The molecule has 0 saturated carbocycles. The Hall–Kier alpha value is 0.360. The number of ether oxygens (including phenoxy) is 2. The minimum Gasteiger partial charge on any atom is -0.388 e. The number of rotatable bonds is 4. The Balaban J connectivity index is 2.57. The molecule has 1 saturated heterocycles. The van der Waals surface area contributed by atoms with Crippen molar-refractivity contribution in [2.75, 3.05) is 11.9 Å². The molecule has 5 atom stereocenters. The number of hydrogen-bond acceptors (Lipinski definition) is 3. The summed E-state index contributed by atoms with van der Waals surface area (Å²) in [6.45, 7) is 6.86. The number of aliphatic hydroxyl groups is 1. The summed E-state index contributed by atoms with van der Waals surface area (Å²) in [6, 6.07) is 0. The second kappa shape index (κ2) is 6.18. The highest BCUT2D eigenvalue weighted by atomic mass is 79.9. The van der Waals surface area contributed by atoms with Crippen LogP contribution in [0.3, 0.4) is 0 Å². The van der Waals surface area contributed by atoms with E-state index in [1.807, 2.05) is 0 Å². The topological polar surface area (TPSA) is 38.7 Å². The fraction of sp³-hybridized carbons (Fsp3) is 1.00. The first kappa shape index (κ1) is 13.4. The van der Waals surface area contributed by atoms with Crippen molar-refractivity contribution in [2.45, 2.75) is 45.7 Å². The van der Waals surface area contributed by atoms with Gasteiger partial charge in [0.1, 0.15) is 6.10 Å². The predicted octanol–water partition coefficient (Wildman–Crippen LogP) is 2.17. The lowest BCUT2D eigenvalue weighted by molar-refractivity contribution is -0.268. The third-order valence-electron chi connectivity index (χ3n) is 3.30. The van der Waals surface area contributed by atoms with Crippen LogP contribution in [0.5, 0.6) is 0 Å². The first-order valence-electron chi connectivity index (χ1n) is 5.62. The van der Waals surface area contributed by atoms with Crippen molar-refractivity contribution < 1.29 is 14.6 Å². The van der Waals surface area contributed by atoms with Crippen molar-refractivity contribution in [1.82, 2.24) is 0 Å². The Morgan fingerprint density at radius 1 is 1.33 bits per heavy atom. The molecule has 0 aromatic heterocycles. The van der Waals surface area contributed by atoms with Gasteiger partial charge >= 0.3 is 0 Å². The van der Waals surface area contributed by atoms with Crippen molar-refractivity contribution in [3.05, 3.63) is 0 Å². The Morgan fingerprint density at radius 2 is 2.00 bits per heavy atom. The molecule has 1 heterocycles. The molecular formula is C11H21BrO3. The number of hydrogen-bond donors (Lipinski definition) is 1. The number of alkyl halides is 1. The van der Waals surface area contributed by atoms with Gasteiger partial charge in [-0.15, -0.1) is 0 Å². The van der Waals surface area contributed by atoms with Crippen molar-refractivity contribution in [2.24, 2.45) is 11.8 Å². The lowest BCUT2D eigenvalue weighted by Gasteiger charge is -2.42. The Labute approximate surface area is 100 Å². The summed E-state index contributed by atoms with van der Waals surface area (Å²) in [5, 5.41) is 10.7. The SMILES string of the molecule is CCC1O[C@H](OCCBr)C(O)[C@@H](C)[C@@H]1C. The predicted molar refractivity (Wildman–Crippen MR) is 63.0 cm³/mol. The Kier molecular flexibility index (Phi) is 5.53. The van der Waals surface area contributed by atoms with Gasteiger partial charge in [-0.25, -0.2) is 0 Å². The fourth-order valence-electron chi connectivity index (χ4n) is 2.04. The van der Waals surface area contributed by atoms with E-state index >= 15 is 0 Å². The molecule has 2 unspecified atom stereocenters. The summed E-state index contributed by atoms with van der Waals surface area (Å²) in [5.41, 5.74) is 0. The maximum absolute atomic E-state index is 9.98. The smallest absolute Gasteiger partial charge is 0.184 e. The van der Waals surface area contributed by atoms with Gasteiger partial charge in [-0.05, 0) is 18.3 Å². The average molecular weight is 281 g/mol. The summed E-state index contributed by atoms with van der Waals surface area (Å²) in [4.78, 5) is 0. The van der Waals surface area contributed by atoms with Gasteiger partial charge < -0.3 is 14.6 Å². The van der Waals surface area contributed by atoms with Crippen LogP contribution in [0.4, 0.5) is 0 Å². The minimum atomic E-state index is -0.512. The first-order valence-corrected chi connectivity index (χ1v) is 6.75. The van der Waals surface area contributed by atoms with Gasteiger partial charge in [0, 0.05) is 5.33 Å². The van der Waals surface area contributed by atoms with Crippen LogP contribution in [-0.2, 0) is 9.47 Å². The van der Waals surface area contributed by atoms with E-state index in [1.165, 1.54) is 0 Å². The molecule has 1 N–H and O–H groups in total. The molecule has 3 nitrogen and oxygen atoms in total. The molecule has 90 valence electrons. The third kappa shape index (κ3) is 3.16. The van der Waals surface area contributed by atoms with E-state index in [0.29, 0.717) is 12.5 Å². The molecule has 1 aliphatic rings. The lowest BCUT2D eigenvalue weighted by atomic mass is 9.83. The zero-order chi connectivity index (χ0) is 11.4. The van der Waals surface area contributed by atoms with E-state index in [2.05, 4.69) is 36.7 Å². The van der Waals surface area contributed by atoms with E-state index in [4.69, 9.17) is 9.47 Å². The second-order valence-electron chi connectivity index (χ2n) is 4.22. The number of aliphatic hydroxyl groups excluding tert-OH is 1. The largest absolute Gasteiger partial charge is 0.388 e. The molecule has 0 bridgehead atoms. The highest BCUT2D eigenvalue weighted by Crippen LogP contribution is 2.32. The maximum atomic E-state index is 9.98. The average Bonchev–Trinajstić information content (AvgIpc) is 2.25. The number of halogens is 1. The molecular weight excluding hydrogens is 260 g/mol. The molecule has 1 rings (SSSR count). The van der Waals surface area contributed by atoms with Crippen LogP contribution in [-0.4, -0.2) is 35.5 Å². The quantitative estimate of drug-likeness (QED) is 0.803.